The van der Waals surface area contributed by atoms with Gasteiger partial charge in [0, 0.05) is 0 Å². The highest BCUT2D eigenvalue weighted by Crippen LogP contribution is 2.25. The molecule has 0 saturated heterocycles. The molecule has 0 atom stereocenters. The largest absolute Gasteiger partial charge is 0.383 e. The Labute approximate surface area is 98.2 Å². The first-order valence-corrected chi connectivity index (χ1v) is 5.43. The number of anilines is 1. The Morgan fingerprint density at radius 1 is 1.24 bits per heavy atom. The van der Waals surface area contributed by atoms with Crippen LogP contribution in [0.2, 0.25) is 0 Å². The maximum Gasteiger partial charge on any atom is 0.186 e. The molecule has 5 nitrogen and oxygen atoms in total. The zero-order chi connectivity index (χ0) is 12.0. The molecule has 0 radical (unpaired) electrons. The molecule has 2 heterocycles. The van der Waals surface area contributed by atoms with Crippen molar-refractivity contribution in [3.63, 3.8) is 0 Å². The Morgan fingerprint density at radius 3 is 2.76 bits per heavy atom. The number of nitrogens with two attached hydrogens (primary N) is 1. The minimum Gasteiger partial charge on any atom is -0.383 e. The Balaban J connectivity index is 2.35. The van der Waals surface area contributed by atoms with E-state index in [1.54, 1.807) is 0 Å². The quantitative estimate of drug-likeness (QED) is 0.667. The van der Waals surface area contributed by atoms with E-state index < -0.39 is 0 Å². The third-order valence-electron chi connectivity index (χ3n) is 2.93. The molecule has 0 fully saturated rings. The molecule has 0 aliphatic heterocycles. The van der Waals surface area contributed by atoms with Crippen LogP contribution in [0.3, 0.4) is 0 Å². The molecule has 0 spiro atoms. The van der Waals surface area contributed by atoms with E-state index in [1.807, 2.05) is 42.8 Å². The monoisotopic (exact) mass is 227 g/mol. The maximum absolute atomic E-state index is 5.84. The summed E-state index contributed by atoms with van der Waals surface area (Å²) in [5.41, 5.74) is 9.67. The highest BCUT2D eigenvalue weighted by atomic mass is 15.4. The molecule has 1 aromatic carbocycles. The SMILES string of the molecule is Cc1ccccc1-n1nc(C)c2c(N)[nH]nc21. The predicted molar refractivity (Wildman–Crippen MR) is 67.1 cm³/mol. The van der Waals surface area contributed by atoms with E-state index in [2.05, 4.69) is 15.3 Å². The highest BCUT2D eigenvalue weighted by molar-refractivity contribution is 5.89. The van der Waals surface area contributed by atoms with Crippen molar-refractivity contribution in [2.75, 3.05) is 5.73 Å². The van der Waals surface area contributed by atoms with Crippen molar-refractivity contribution < 1.29 is 0 Å². The fourth-order valence-electron chi connectivity index (χ4n) is 2.07. The van der Waals surface area contributed by atoms with Gasteiger partial charge in [0.1, 0.15) is 5.82 Å². The second kappa shape index (κ2) is 3.35. The lowest BCUT2D eigenvalue weighted by atomic mass is 10.2. The molecular weight excluding hydrogens is 214 g/mol. The number of H-pyrrole nitrogens is 1. The van der Waals surface area contributed by atoms with Gasteiger partial charge in [-0.2, -0.15) is 10.2 Å². The standard InChI is InChI=1S/C12H13N5/c1-7-5-3-4-6-9(7)17-12-10(8(2)16-17)11(13)14-15-12/h3-6H,1-2H3,(H3,13,14,15). The summed E-state index contributed by atoms with van der Waals surface area (Å²) in [5.74, 6) is 0.567. The van der Waals surface area contributed by atoms with Crippen molar-refractivity contribution in [1.82, 2.24) is 20.0 Å². The van der Waals surface area contributed by atoms with E-state index in [0.717, 1.165) is 28.0 Å². The number of nitrogens with one attached hydrogen (secondary N) is 1. The zero-order valence-electron chi connectivity index (χ0n) is 9.73. The van der Waals surface area contributed by atoms with E-state index in [1.165, 1.54) is 0 Å². The van der Waals surface area contributed by atoms with Crippen LogP contribution < -0.4 is 5.73 Å². The first kappa shape index (κ1) is 9.89. The number of fused-ring (bicyclic) bond motifs is 1. The van der Waals surface area contributed by atoms with Gasteiger partial charge in [0.15, 0.2) is 5.65 Å². The summed E-state index contributed by atoms with van der Waals surface area (Å²) in [5, 5.41) is 12.4. The summed E-state index contributed by atoms with van der Waals surface area (Å²) in [6, 6.07) is 8.06. The Bertz CT molecular complexity index is 692. The lowest BCUT2D eigenvalue weighted by Crippen LogP contribution is -1.99. The van der Waals surface area contributed by atoms with Crippen LogP contribution in [0.1, 0.15) is 11.3 Å². The summed E-state index contributed by atoms with van der Waals surface area (Å²) in [6.45, 7) is 3.98. The maximum atomic E-state index is 5.84. The van der Waals surface area contributed by atoms with Crippen molar-refractivity contribution in [2.45, 2.75) is 13.8 Å². The third-order valence-corrected chi connectivity index (χ3v) is 2.93. The molecule has 0 amide bonds. The molecule has 0 aliphatic rings. The van der Waals surface area contributed by atoms with Crippen molar-refractivity contribution in [3.05, 3.63) is 35.5 Å². The number of aryl methyl sites for hydroxylation is 2. The van der Waals surface area contributed by atoms with Crippen molar-refractivity contribution in [3.8, 4) is 5.69 Å². The van der Waals surface area contributed by atoms with Gasteiger partial charge in [-0.3, -0.25) is 5.10 Å². The average Bonchev–Trinajstić information content (AvgIpc) is 2.83. The van der Waals surface area contributed by atoms with E-state index in [9.17, 15) is 0 Å². The molecule has 0 aliphatic carbocycles. The fourth-order valence-corrected chi connectivity index (χ4v) is 2.07. The van der Waals surface area contributed by atoms with E-state index in [-0.39, 0.29) is 0 Å². The predicted octanol–water partition coefficient (Wildman–Crippen LogP) is 1.95. The molecular formula is C12H13N5. The summed E-state index contributed by atoms with van der Waals surface area (Å²) in [4.78, 5) is 0. The van der Waals surface area contributed by atoms with E-state index in [0.29, 0.717) is 5.82 Å². The van der Waals surface area contributed by atoms with Crippen LogP contribution >= 0.6 is 0 Å². The number of aromatic nitrogens is 4. The van der Waals surface area contributed by atoms with Crippen molar-refractivity contribution >= 4 is 16.9 Å². The van der Waals surface area contributed by atoms with Crippen LogP contribution in [0.5, 0.6) is 0 Å². The van der Waals surface area contributed by atoms with Crippen LogP contribution in [0.4, 0.5) is 5.82 Å². The minimum absolute atomic E-state index is 0.567. The average molecular weight is 227 g/mol. The van der Waals surface area contributed by atoms with E-state index in [4.69, 9.17) is 5.73 Å². The van der Waals surface area contributed by atoms with Crippen molar-refractivity contribution in [2.24, 2.45) is 0 Å². The number of benzene rings is 1. The highest BCUT2D eigenvalue weighted by Gasteiger charge is 2.15. The van der Waals surface area contributed by atoms with Gasteiger partial charge in [0.25, 0.3) is 0 Å². The van der Waals surface area contributed by atoms with Crippen LogP contribution in [-0.2, 0) is 0 Å². The zero-order valence-corrected chi connectivity index (χ0v) is 9.73. The van der Waals surface area contributed by atoms with Crippen LogP contribution in [-0.4, -0.2) is 20.0 Å². The fraction of sp³-hybridized carbons (Fsp3) is 0.167. The Kier molecular flexibility index (Phi) is 1.95. The second-order valence-electron chi connectivity index (χ2n) is 4.12. The molecule has 3 N–H and O–H groups in total. The molecule has 17 heavy (non-hydrogen) atoms. The Morgan fingerprint density at radius 2 is 2.00 bits per heavy atom. The van der Waals surface area contributed by atoms with Gasteiger partial charge in [-0.25, -0.2) is 4.68 Å². The summed E-state index contributed by atoms with van der Waals surface area (Å²) in [7, 11) is 0. The van der Waals surface area contributed by atoms with Crippen LogP contribution in [0.25, 0.3) is 16.7 Å². The summed E-state index contributed by atoms with van der Waals surface area (Å²) >= 11 is 0. The summed E-state index contributed by atoms with van der Waals surface area (Å²) in [6.07, 6.45) is 0. The van der Waals surface area contributed by atoms with Crippen LogP contribution in [0, 0.1) is 13.8 Å². The molecule has 0 bridgehead atoms. The normalized spacial score (nSPS) is 11.2. The van der Waals surface area contributed by atoms with Gasteiger partial charge in [-0.05, 0) is 25.5 Å². The topological polar surface area (TPSA) is 72.5 Å². The second-order valence-corrected chi connectivity index (χ2v) is 4.12. The van der Waals surface area contributed by atoms with Gasteiger partial charge in [0.05, 0.1) is 16.8 Å². The number of nitrogens with zero attached hydrogens (tertiary/aromatic N) is 3. The number of aromatic amines is 1. The summed E-state index contributed by atoms with van der Waals surface area (Å²) < 4.78 is 1.83. The molecule has 0 unspecified atom stereocenters. The first-order valence-electron chi connectivity index (χ1n) is 5.43. The number of hydrogen-bond donors (Lipinski definition) is 2. The molecule has 3 rings (SSSR count). The first-order chi connectivity index (χ1) is 8.18. The third kappa shape index (κ3) is 1.32. The molecule has 0 saturated carbocycles. The van der Waals surface area contributed by atoms with Gasteiger partial charge < -0.3 is 5.73 Å². The molecule has 5 heteroatoms. The number of hydrogen-bond acceptors (Lipinski definition) is 3. The molecule has 86 valence electrons. The smallest absolute Gasteiger partial charge is 0.186 e. The van der Waals surface area contributed by atoms with Crippen LogP contribution in [0.15, 0.2) is 24.3 Å². The lowest BCUT2D eigenvalue weighted by molar-refractivity contribution is 0.859. The number of para-hydroxylation sites is 1. The van der Waals surface area contributed by atoms with Gasteiger partial charge in [0.2, 0.25) is 0 Å². The molecule has 2 aromatic heterocycles. The van der Waals surface area contributed by atoms with Gasteiger partial charge in [-0.1, -0.05) is 18.2 Å². The number of nitrogen functional groups attached to an aromatic ring is 1. The van der Waals surface area contributed by atoms with E-state index >= 15 is 0 Å². The molecule has 3 aromatic rings. The van der Waals surface area contributed by atoms with Gasteiger partial charge in [-0.15, -0.1) is 0 Å². The lowest BCUT2D eigenvalue weighted by Gasteiger charge is -2.04. The minimum atomic E-state index is 0.567. The Hall–Kier alpha value is -2.30. The van der Waals surface area contributed by atoms with Crippen molar-refractivity contribution in [1.29, 1.82) is 0 Å². The number of rotatable bonds is 1. The van der Waals surface area contributed by atoms with Gasteiger partial charge >= 0.3 is 0 Å².